The summed E-state index contributed by atoms with van der Waals surface area (Å²) in [4.78, 5) is 35.8. The number of aromatic amines is 1. The summed E-state index contributed by atoms with van der Waals surface area (Å²) in [5.74, 6) is -1.78. The Kier molecular flexibility index (Phi) is 4.23. The van der Waals surface area contributed by atoms with Crippen LogP contribution in [0, 0.1) is 5.92 Å². The summed E-state index contributed by atoms with van der Waals surface area (Å²) in [6.45, 7) is 0.668. The minimum absolute atomic E-state index is 0.0684. The van der Waals surface area contributed by atoms with Gasteiger partial charge in [-0.3, -0.25) is 9.59 Å². The van der Waals surface area contributed by atoms with E-state index in [0.717, 1.165) is 0 Å². The number of H-pyrrole nitrogens is 1. The number of carbonyl (C=O) groups excluding carboxylic acids is 1. The van der Waals surface area contributed by atoms with Crippen molar-refractivity contribution in [3.63, 3.8) is 0 Å². The molecule has 0 aliphatic carbocycles. The van der Waals surface area contributed by atoms with Crippen LogP contribution in [0.5, 0.6) is 0 Å². The van der Waals surface area contributed by atoms with E-state index in [2.05, 4.69) is 9.68 Å². The Morgan fingerprint density at radius 2 is 2.35 bits per heavy atom. The van der Waals surface area contributed by atoms with Gasteiger partial charge < -0.3 is 20.3 Å². The molecule has 1 aliphatic rings. The average molecular weight is 283 g/mol. The number of nitrogens with two attached hydrogens (primary N) is 1. The summed E-state index contributed by atoms with van der Waals surface area (Å²) in [6, 6.07) is -0.874. The molecule has 20 heavy (non-hydrogen) atoms. The third-order valence-corrected chi connectivity index (χ3v) is 3.49. The number of piperidine rings is 1. The predicted octanol–water partition coefficient (Wildman–Crippen LogP) is -0.839. The number of amides is 1. The lowest BCUT2D eigenvalue weighted by molar-refractivity contribution is -0.146. The standard InChI is InChI=1S/C12H17N3O5/c13-9(4-8-5-14-20-12(8)19)10(16)15-3-1-2-7(6-15)11(17)18/h5,7,9,14H,1-4,6,13H2,(H,17,18)/t7-,9-/m0/s1. The molecule has 4 N–H and O–H groups in total. The van der Waals surface area contributed by atoms with Crippen LogP contribution < -0.4 is 11.4 Å². The lowest BCUT2D eigenvalue weighted by Gasteiger charge is -2.32. The Labute approximate surface area is 114 Å². The van der Waals surface area contributed by atoms with Gasteiger partial charge in [-0.1, -0.05) is 0 Å². The van der Waals surface area contributed by atoms with Gasteiger partial charge in [0.15, 0.2) is 0 Å². The molecule has 2 atom stereocenters. The van der Waals surface area contributed by atoms with E-state index < -0.39 is 23.6 Å². The molecule has 2 heterocycles. The highest BCUT2D eigenvalue weighted by atomic mass is 16.5. The molecule has 0 spiro atoms. The molecule has 0 unspecified atom stereocenters. The molecule has 8 heteroatoms. The number of carbonyl (C=O) groups is 2. The lowest BCUT2D eigenvalue weighted by Crippen LogP contribution is -2.50. The highest BCUT2D eigenvalue weighted by molar-refractivity contribution is 5.83. The minimum atomic E-state index is -0.901. The molecule has 8 nitrogen and oxygen atoms in total. The first-order chi connectivity index (χ1) is 9.49. The van der Waals surface area contributed by atoms with Crippen LogP contribution in [-0.4, -0.2) is 46.2 Å². The monoisotopic (exact) mass is 283 g/mol. The van der Waals surface area contributed by atoms with E-state index in [1.807, 2.05) is 0 Å². The van der Waals surface area contributed by atoms with Gasteiger partial charge in [0.05, 0.1) is 17.5 Å². The van der Waals surface area contributed by atoms with Crippen molar-refractivity contribution in [1.29, 1.82) is 0 Å². The summed E-state index contributed by atoms with van der Waals surface area (Å²) < 4.78 is 4.50. The molecule has 0 bridgehead atoms. The summed E-state index contributed by atoms with van der Waals surface area (Å²) in [7, 11) is 0. The normalized spacial score (nSPS) is 20.6. The first-order valence-electron chi connectivity index (χ1n) is 6.42. The first-order valence-corrected chi connectivity index (χ1v) is 6.42. The number of aromatic nitrogens is 1. The van der Waals surface area contributed by atoms with E-state index in [4.69, 9.17) is 10.8 Å². The molecule has 1 fully saturated rings. The van der Waals surface area contributed by atoms with Gasteiger partial charge in [0.1, 0.15) is 0 Å². The third kappa shape index (κ3) is 3.08. The molecule has 1 aromatic heterocycles. The minimum Gasteiger partial charge on any atom is -0.481 e. The van der Waals surface area contributed by atoms with Crippen molar-refractivity contribution >= 4 is 11.9 Å². The Morgan fingerprint density at radius 3 is 2.95 bits per heavy atom. The van der Waals surface area contributed by atoms with E-state index in [9.17, 15) is 14.4 Å². The van der Waals surface area contributed by atoms with Crippen molar-refractivity contribution in [2.75, 3.05) is 13.1 Å². The second-order valence-corrected chi connectivity index (χ2v) is 4.95. The lowest BCUT2D eigenvalue weighted by atomic mass is 9.97. The number of carboxylic acids is 1. The van der Waals surface area contributed by atoms with Crippen molar-refractivity contribution in [1.82, 2.24) is 10.1 Å². The van der Waals surface area contributed by atoms with Crippen LogP contribution in [0.4, 0.5) is 0 Å². The zero-order valence-corrected chi connectivity index (χ0v) is 10.9. The second kappa shape index (κ2) is 5.91. The zero-order valence-electron chi connectivity index (χ0n) is 10.9. The molecule has 1 saturated heterocycles. The first kappa shape index (κ1) is 14.3. The molecule has 0 aromatic carbocycles. The Bertz CT molecular complexity index is 549. The molecule has 110 valence electrons. The second-order valence-electron chi connectivity index (χ2n) is 4.95. The van der Waals surface area contributed by atoms with Crippen molar-refractivity contribution in [2.45, 2.75) is 25.3 Å². The Morgan fingerprint density at radius 1 is 1.60 bits per heavy atom. The molecular formula is C12H17N3O5. The van der Waals surface area contributed by atoms with Crippen molar-refractivity contribution in [3.8, 4) is 0 Å². The number of nitrogens with one attached hydrogen (secondary N) is 1. The van der Waals surface area contributed by atoms with E-state index in [1.165, 1.54) is 11.1 Å². The topological polar surface area (TPSA) is 130 Å². The quantitative estimate of drug-likeness (QED) is 0.660. The van der Waals surface area contributed by atoms with Crippen molar-refractivity contribution in [2.24, 2.45) is 11.7 Å². The molecular weight excluding hydrogens is 266 g/mol. The summed E-state index contributed by atoms with van der Waals surface area (Å²) in [6.07, 6.45) is 2.64. The van der Waals surface area contributed by atoms with Gasteiger partial charge in [-0.2, -0.15) is 0 Å². The van der Waals surface area contributed by atoms with E-state index >= 15 is 0 Å². The van der Waals surface area contributed by atoms with Crippen LogP contribution in [0.25, 0.3) is 0 Å². The van der Waals surface area contributed by atoms with Crippen LogP contribution >= 0.6 is 0 Å². The van der Waals surface area contributed by atoms with Gasteiger partial charge in [0.2, 0.25) is 5.91 Å². The molecule has 0 radical (unpaired) electrons. The highest BCUT2D eigenvalue weighted by Crippen LogP contribution is 2.17. The molecule has 1 aliphatic heterocycles. The molecule has 0 saturated carbocycles. The zero-order chi connectivity index (χ0) is 14.7. The van der Waals surface area contributed by atoms with E-state index in [0.29, 0.717) is 24.9 Å². The fourth-order valence-electron chi connectivity index (χ4n) is 2.36. The summed E-state index contributed by atoms with van der Waals surface area (Å²) in [5, 5.41) is 11.3. The number of hydrogen-bond acceptors (Lipinski definition) is 5. The maximum absolute atomic E-state index is 12.2. The van der Waals surface area contributed by atoms with Crippen LogP contribution in [0.2, 0.25) is 0 Å². The highest BCUT2D eigenvalue weighted by Gasteiger charge is 2.30. The third-order valence-electron chi connectivity index (χ3n) is 3.49. The van der Waals surface area contributed by atoms with Gasteiger partial charge in [0.25, 0.3) is 0 Å². The van der Waals surface area contributed by atoms with Gasteiger partial charge in [-0.05, 0) is 12.8 Å². The van der Waals surface area contributed by atoms with Gasteiger partial charge in [-0.25, -0.2) is 9.95 Å². The summed E-state index contributed by atoms with van der Waals surface area (Å²) in [5.41, 5.74) is 5.55. The number of rotatable bonds is 4. The van der Waals surface area contributed by atoms with E-state index in [-0.39, 0.29) is 18.9 Å². The maximum Gasteiger partial charge on any atom is 0.360 e. The number of aliphatic carboxylic acids is 1. The van der Waals surface area contributed by atoms with Crippen LogP contribution in [0.1, 0.15) is 18.4 Å². The molecule has 1 amide bonds. The smallest absolute Gasteiger partial charge is 0.360 e. The molecule has 2 rings (SSSR count). The average Bonchev–Trinajstić information content (AvgIpc) is 2.83. The van der Waals surface area contributed by atoms with Crippen LogP contribution in [-0.2, 0) is 16.0 Å². The number of likely N-dealkylation sites (tertiary alicyclic amines) is 1. The predicted molar refractivity (Wildman–Crippen MR) is 67.9 cm³/mol. The van der Waals surface area contributed by atoms with Crippen LogP contribution in [0.3, 0.4) is 0 Å². The Balaban J connectivity index is 1.98. The fourth-order valence-corrected chi connectivity index (χ4v) is 2.36. The van der Waals surface area contributed by atoms with Crippen LogP contribution in [0.15, 0.2) is 15.5 Å². The largest absolute Gasteiger partial charge is 0.481 e. The summed E-state index contributed by atoms with van der Waals surface area (Å²) >= 11 is 0. The molecule has 1 aromatic rings. The van der Waals surface area contributed by atoms with Gasteiger partial charge in [0, 0.05) is 25.7 Å². The number of nitrogens with zero attached hydrogens (tertiary/aromatic N) is 1. The maximum atomic E-state index is 12.2. The SMILES string of the molecule is N[C@@H](Cc1c[nH]oc1=O)C(=O)N1CCC[C@H](C(=O)O)C1. The van der Waals surface area contributed by atoms with E-state index in [1.54, 1.807) is 0 Å². The number of carboxylic acid groups (broad SMARTS) is 1. The van der Waals surface area contributed by atoms with Gasteiger partial charge >= 0.3 is 11.6 Å². The Hall–Kier alpha value is -2.09. The fraction of sp³-hybridized carbons (Fsp3) is 0.583. The van der Waals surface area contributed by atoms with Gasteiger partial charge in [-0.15, -0.1) is 0 Å². The van der Waals surface area contributed by atoms with Crippen molar-refractivity contribution < 1.29 is 19.2 Å². The number of hydrogen-bond donors (Lipinski definition) is 3. The van der Waals surface area contributed by atoms with Crippen molar-refractivity contribution in [3.05, 3.63) is 22.2 Å².